The highest BCUT2D eigenvalue weighted by molar-refractivity contribution is 5.91. The summed E-state index contributed by atoms with van der Waals surface area (Å²) in [4.78, 5) is 26.9. The minimum Gasteiger partial charge on any atom is -0.497 e. The van der Waals surface area contributed by atoms with E-state index in [4.69, 9.17) is 9.47 Å². The van der Waals surface area contributed by atoms with E-state index in [1.165, 1.54) is 25.3 Å². The maximum absolute atomic E-state index is 13.1. The summed E-state index contributed by atoms with van der Waals surface area (Å²) in [6.07, 6.45) is 5.46. The molecule has 7 nitrogen and oxygen atoms in total. The van der Waals surface area contributed by atoms with E-state index < -0.39 is 5.97 Å². The van der Waals surface area contributed by atoms with Crippen LogP contribution in [-0.4, -0.2) is 43.8 Å². The molecule has 184 valence electrons. The number of nitrogens with zero attached hydrogens (tertiary/aromatic N) is 1. The van der Waals surface area contributed by atoms with Gasteiger partial charge in [0.15, 0.2) is 0 Å². The molecular weight excluding hydrogens is 432 g/mol. The molecular formula is C27H36N2O5. The number of carboxylic acid groups (broad SMARTS) is 1. The Morgan fingerprint density at radius 2 is 1.85 bits per heavy atom. The fourth-order valence-corrected chi connectivity index (χ4v) is 4.51. The predicted octanol–water partition coefficient (Wildman–Crippen LogP) is 4.98. The molecule has 0 bridgehead atoms. The molecule has 1 unspecified atom stereocenters. The second-order valence-electron chi connectivity index (χ2n) is 8.63. The van der Waals surface area contributed by atoms with Crippen molar-refractivity contribution in [1.29, 1.82) is 0 Å². The van der Waals surface area contributed by atoms with E-state index in [0.29, 0.717) is 12.2 Å². The van der Waals surface area contributed by atoms with Gasteiger partial charge in [0.25, 0.3) is 0 Å². The average molecular weight is 469 g/mol. The molecule has 1 saturated heterocycles. The first kappa shape index (κ1) is 25.4. The normalized spacial score (nSPS) is 14.4. The van der Waals surface area contributed by atoms with Crippen LogP contribution in [0, 0.1) is 0 Å². The summed E-state index contributed by atoms with van der Waals surface area (Å²) in [5, 5.41) is 12.6. The van der Waals surface area contributed by atoms with Crippen molar-refractivity contribution in [3.05, 3.63) is 53.1 Å². The summed E-state index contributed by atoms with van der Waals surface area (Å²) in [5.74, 6) is -0.107. The number of benzene rings is 2. The van der Waals surface area contributed by atoms with E-state index in [1.54, 1.807) is 26.2 Å². The number of methoxy groups -OCH3 is 1. The van der Waals surface area contributed by atoms with Crippen molar-refractivity contribution in [1.82, 2.24) is 5.32 Å². The third-order valence-corrected chi connectivity index (χ3v) is 6.16. The number of anilines is 1. The standard InChI is InChI=1S/C27H36N2O5/c1-4-9-23(22-18-20(33-3)11-13-24(22)29-14-7-6-8-15-29)28-26(30)17-19-10-12-21(27(31)32)25(16-19)34-5-2/h10-13,16,18,23H,4-9,14-15,17H2,1-3H3,(H,28,30)(H,31,32). The number of nitrogens with one attached hydrogen (secondary N) is 1. The molecule has 1 fully saturated rings. The minimum absolute atomic E-state index is 0.0948. The number of piperidine rings is 1. The van der Waals surface area contributed by atoms with Gasteiger partial charge in [-0.15, -0.1) is 0 Å². The highest BCUT2D eigenvalue weighted by Crippen LogP contribution is 2.34. The number of amides is 1. The second kappa shape index (κ2) is 12.3. The molecule has 1 heterocycles. The maximum atomic E-state index is 13.1. The van der Waals surface area contributed by atoms with Crippen molar-refractivity contribution in [2.24, 2.45) is 0 Å². The van der Waals surface area contributed by atoms with Crippen LogP contribution in [-0.2, 0) is 11.2 Å². The Balaban J connectivity index is 1.83. The molecule has 0 saturated carbocycles. The summed E-state index contributed by atoms with van der Waals surface area (Å²) >= 11 is 0. The zero-order valence-corrected chi connectivity index (χ0v) is 20.4. The van der Waals surface area contributed by atoms with Crippen molar-refractivity contribution < 1.29 is 24.2 Å². The molecule has 2 aromatic carbocycles. The molecule has 1 aliphatic heterocycles. The van der Waals surface area contributed by atoms with Crippen LogP contribution < -0.4 is 19.7 Å². The molecule has 2 aromatic rings. The minimum atomic E-state index is -1.05. The molecule has 0 radical (unpaired) electrons. The molecule has 0 aliphatic carbocycles. The lowest BCUT2D eigenvalue weighted by Crippen LogP contribution is -2.34. The molecule has 7 heteroatoms. The summed E-state index contributed by atoms with van der Waals surface area (Å²) in [7, 11) is 1.66. The summed E-state index contributed by atoms with van der Waals surface area (Å²) in [6, 6.07) is 10.8. The number of carboxylic acids is 1. The van der Waals surface area contributed by atoms with E-state index in [1.807, 2.05) is 12.1 Å². The van der Waals surface area contributed by atoms with Gasteiger partial charge in [-0.1, -0.05) is 19.4 Å². The van der Waals surface area contributed by atoms with Gasteiger partial charge < -0.3 is 24.8 Å². The lowest BCUT2D eigenvalue weighted by molar-refractivity contribution is -0.121. The van der Waals surface area contributed by atoms with Crippen LogP contribution in [0.2, 0.25) is 0 Å². The zero-order chi connectivity index (χ0) is 24.5. The summed E-state index contributed by atoms with van der Waals surface area (Å²) in [5.41, 5.74) is 3.04. The van der Waals surface area contributed by atoms with Crippen LogP contribution in [0.3, 0.4) is 0 Å². The SMILES string of the molecule is CCCC(NC(=O)Cc1ccc(C(=O)O)c(OCC)c1)c1cc(OC)ccc1N1CCCCC1. The Bertz CT molecular complexity index is 985. The first-order valence-electron chi connectivity index (χ1n) is 12.2. The smallest absolute Gasteiger partial charge is 0.339 e. The van der Waals surface area contributed by atoms with E-state index in [2.05, 4.69) is 23.2 Å². The zero-order valence-electron chi connectivity index (χ0n) is 20.4. The Hall–Kier alpha value is -3.22. The largest absolute Gasteiger partial charge is 0.497 e. The van der Waals surface area contributed by atoms with E-state index in [-0.39, 0.29) is 29.7 Å². The van der Waals surface area contributed by atoms with Gasteiger partial charge >= 0.3 is 5.97 Å². The topological polar surface area (TPSA) is 88.1 Å². The summed E-state index contributed by atoms with van der Waals surface area (Å²) < 4.78 is 11.0. The van der Waals surface area contributed by atoms with Gasteiger partial charge in [0, 0.05) is 24.3 Å². The quantitative estimate of drug-likeness (QED) is 0.483. The molecule has 1 atom stereocenters. The van der Waals surface area contributed by atoms with Crippen molar-refractivity contribution >= 4 is 17.6 Å². The molecule has 0 aromatic heterocycles. The van der Waals surface area contributed by atoms with Crippen molar-refractivity contribution in [2.45, 2.75) is 58.4 Å². The Morgan fingerprint density at radius 3 is 2.50 bits per heavy atom. The lowest BCUT2D eigenvalue weighted by atomic mass is 9.97. The van der Waals surface area contributed by atoms with E-state index in [0.717, 1.165) is 42.9 Å². The predicted molar refractivity (Wildman–Crippen MR) is 133 cm³/mol. The van der Waals surface area contributed by atoms with Crippen LogP contribution >= 0.6 is 0 Å². The lowest BCUT2D eigenvalue weighted by Gasteiger charge is -2.33. The molecule has 2 N–H and O–H groups in total. The maximum Gasteiger partial charge on any atom is 0.339 e. The monoisotopic (exact) mass is 468 g/mol. The highest BCUT2D eigenvalue weighted by Gasteiger charge is 2.23. The van der Waals surface area contributed by atoms with Crippen LogP contribution in [0.1, 0.15) is 73.5 Å². The number of rotatable bonds is 11. The third kappa shape index (κ3) is 6.43. The number of aromatic carboxylic acids is 1. The van der Waals surface area contributed by atoms with Gasteiger partial charge in [0.05, 0.1) is 26.2 Å². The van der Waals surface area contributed by atoms with Gasteiger partial charge in [-0.3, -0.25) is 4.79 Å². The highest BCUT2D eigenvalue weighted by atomic mass is 16.5. The van der Waals surface area contributed by atoms with Crippen LogP contribution in [0.5, 0.6) is 11.5 Å². The third-order valence-electron chi connectivity index (χ3n) is 6.16. The average Bonchev–Trinajstić information content (AvgIpc) is 2.84. The van der Waals surface area contributed by atoms with Gasteiger partial charge in [-0.05, 0) is 68.5 Å². The fourth-order valence-electron chi connectivity index (χ4n) is 4.51. The van der Waals surface area contributed by atoms with Crippen molar-refractivity contribution in [2.75, 3.05) is 31.7 Å². The Labute approximate surface area is 202 Å². The van der Waals surface area contributed by atoms with Gasteiger partial charge in [0.1, 0.15) is 17.1 Å². The van der Waals surface area contributed by atoms with Crippen LogP contribution in [0.15, 0.2) is 36.4 Å². The molecule has 1 aliphatic rings. The number of carbonyl (C=O) groups excluding carboxylic acids is 1. The van der Waals surface area contributed by atoms with Crippen LogP contribution in [0.25, 0.3) is 0 Å². The van der Waals surface area contributed by atoms with Gasteiger partial charge in [-0.25, -0.2) is 4.79 Å². The number of carbonyl (C=O) groups is 2. The van der Waals surface area contributed by atoms with Crippen molar-refractivity contribution in [3.8, 4) is 11.5 Å². The second-order valence-corrected chi connectivity index (χ2v) is 8.63. The molecule has 34 heavy (non-hydrogen) atoms. The van der Waals surface area contributed by atoms with Gasteiger partial charge in [0.2, 0.25) is 5.91 Å². The molecule has 1 amide bonds. The molecule has 3 rings (SSSR count). The molecule has 0 spiro atoms. The Morgan fingerprint density at radius 1 is 1.09 bits per heavy atom. The number of ether oxygens (including phenoxy) is 2. The number of hydrogen-bond donors (Lipinski definition) is 2. The van der Waals surface area contributed by atoms with E-state index in [9.17, 15) is 14.7 Å². The van der Waals surface area contributed by atoms with Crippen LogP contribution in [0.4, 0.5) is 5.69 Å². The fraction of sp³-hybridized carbons (Fsp3) is 0.481. The van der Waals surface area contributed by atoms with Gasteiger partial charge in [-0.2, -0.15) is 0 Å². The number of hydrogen-bond acceptors (Lipinski definition) is 5. The summed E-state index contributed by atoms with van der Waals surface area (Å²) in [6.45, 7) is 6.29. The van der Waals surface area contributed by atoms with E-state index >= 15 is 0 Å². The van der Waals surface area contributed by atoms with Crippen molar-refractivity contribution in [3.63, 3.8) is 0 Å². The first-order valence-corrected chi connectivity index (χ1v) is 12.2. The Kier molecular flexibility index (Phi) is 9.19. The first-order chi connectivity index (χ1) is 16.5.